The van der Waals surface area contributed by atoms with Crippen LogP contribution >= 0.6 is 23.4 Å². The largest absolute Gasteiger partial charge is 0.325 e. The van der Waals surface area contributed by atoms with Crippen LogP contribution in [0.1, 0.15) is 0 Å². The molecule has 0 unspecified atom stereocenters. The third kappa shape index (κ3) is 5.00. The molecule has 7 nitrogen and oxygen atoms in total. The highest BCUT2D eigenvalue weighted by Gasteiger charge is 2.10. The number of likely N-dealkylation sites (N-methyl/N-ethyl adjacent to an activating group) is 1. The van der Waals surface area contributed by atoms with Crippen molar-refractivity contribution < 1.29 is 4.79 Å². The topological polar surface area (TPSA) is 84.7 Å². The van der Waals surface area contributed by atoms with E-state index in [1.54, 1.807) is 28.9 Å². The minimum absolute atomic E-state index is 0.134. The first-order valence-electron chi connectivity index (χ1n) is 6.28. The smallest absolute Gasteiger partial charge is 0.234 e. The molecule has 9 heteroatoms. The summed E-state index contributed by atoms with van der Waals surface area (Å²) in [6.45, 7) is 1.41. The van der Waals surface area contributed by atoms with Crippen molar-refractivity contribution in [1.82, 2.24) is 25.5 Å². The lowest BCUT2D eigenvalue weighted by Gasteiger charge is -2.06. The molecule has 1 amide bonds. The van der Waals surface area contributed by atoms with Crippen molar-refractivity contribution in [3.05, 3.63) is 29.3 Å². The molecule has 1 aromatic carbocycles. The Kier molecular flexibility index (Phi) is 5.97. The molecule has 0 aliphatic rings. The Morgan fingerprint density at radius 2 is 2.33 bits per heavy atom. The Balaban J connectivity index is 1.85. The molecule has 0 spiro atoms. The fourth-order valence-electron chi connectivity index (χ4n) is 1.55. The fourth-order valence-corrected chi connectivity index (χ4v) is 2.44. The number of halogens is 1. The normalized spacial score (nSPS) is 10.6. The lowest BCUT2D eigenvalue weighted by atomic mass is 10.3. The average molecular weight is 327 g/mol. The van der Waals surface area contributed by atoms with Crippen molar-refractivity contribution in [1.29, 1.82) is 0 Å². The number of aromatic nitrogens is 4. The first-order chi connectivity index (χ1) is 10.2. The van der Waals surface area contributed by atoms with E-state index in [0.29, 0.717) is 22.4 Å². The number of thioether (sulfide) groups is 1. The number of benzene rings is 1. The van der Waals surface area contributed by atoms with E-state index in [-0.39, 0.29) is 11.7 Å². The van der Waals surface area contributed by atoms with Crippen LogP contribution in [0.25, 0.3) is 0 Å². The molecule has 1 heterocycles. The van der Waals surface area contributed by atoms with Crippen LogP contribution < -0.4 is 10.6 Å². The van der Waals surface area contributed by atoms with Gasteiger partial charge in [-0.15, -0.1) is 5.10 Å². The third-order valence-electron chi connectivity index (χ3n) is 2.51. The fraction of sp³-hybridized carbons (Fsp3) is 0.333. The number of hydrogen-bond acceptors (Lipinski definition) is 6. The molecule has 2 N–H and O–H groups in total. The van der Waals surface area contributed by atoms with Crippen molar-refractivity contribution in [2.24, 2.45) is 0 Å². The first kappa shape index (κ1) is 15.7. The Bertz CT molecular complexity index is 605. The number of tetrazole rings is 1. The summed E-state index contributed by atoms with van der Waals surface area (Å²) in [5.74, 6) is 0.0948. The highest BCUT2D eigenvalue weighted by Crippen LogP contribution is 2.17. The summed E-state index contributed by atoms with van der Waals surface area (Å²) in [7, 11) is 1.86. The molecule has 0 radical (unpaired) electrons. The van der Waals surface area contributed by atoms with Gasteiger partial charge < -0.3 is 10.6 Å². The first-order valence-corrected chi connectivity index (χ1v) is 7.64. The molecular formula is C12H15ClN6OS. The van der Waals surface area contributed by atoms with Gasteiger partial charge in [0.05, 0.1) is 12.3 Å². The Hall–Kier alpha value is -1.64. The lowest BCUT2D eigenvalue weighted by molar-refractivity contribution is -0.113. The molecule has 0 saturated heterocycles. The van der Waals surface area contributed by atoms with Gasteiger partial charge >= 0.3 is 0 Å². The number of carbonyl (C=O) groups excluding carboxylic acids is 1. The highest BCUT2D eigenvalue weighted by atomic mass is 35.5. The van der Waals surface area contributed by atoms with Gasteiger partial charge in [0.25, 0.3) is 0 Å². The molecule has 0 bridgehead atoms. The van der Waals surface area contributed by atoms with E-state index in [9.17, 15) is 4.79 Å². The average Bonchev–Trinajstić information content (AvgIpc) is 2.90. The highest BCUT2D eigenvalue weighted by molar-refractivity contribution is 7.99. The van der Waals surface area contributed by atoms with Crippen molar-refractivity contribution >= 4 is 35.0 Å². The van der Waals surface area contributed by atoms with E-state index < -0.39 is 0 Å². The Morgan fingerprint density at radius 1 is 1.48 bits per heavy atom. The molecular weight excluding hydrogens is 312 g/mol. The minimum Gasteiger partial charge on any atom is -0.325 e. The second-order valence-corrected chi connectivity index (χ2v) is 5.51. The molecule has 21 heavy (non-hydrogen) atoms. The summed E-state index contributed by atoms with van der Waals surface area (Å²) in [5, 5.41) is 18.4. The van der Waals surface area contributed by atoms with Crippen LogP contribution in [0.3, 0.4) is 0 Å². The van der Waals surface area contributed by atoms with Gasteiger partial charge in [-0.2, -0.15) is 0 Å². The molecule has 0 atom stereocenters. The van der Waals surface area contributed by atoms with Crippen LogP contribution in [-0.4, -0.2) is 45.5 Å². The quantitative estimate of drug-likeness (QED) is 0.746. The monoisotopic (exact) mass is 326 g/mol. The zero-order valence-electron chi connectivity index (χ0n) is 11.4. The van der Waals surface area contributed by atoms with E-state index in [2.05, 4.69) is 26.2 Å². The van der Waals surface area contributed by atoms with Crippen molar-refractivity contribution in [3.63, 3.8) is 0 Å². The molecule has 0 aliphatic heterocycles. The van der Waals surface area contributed by atoms with Crippen molar-refractivity contribution in [3.8, 4) is 0 Å². The van der Waals surface area contributed by atoms with Crippen LogP contribution in [0.5, 0.6) is 0 Å². The minimum atomic E-state index is -0.134. The molecule has 0 fully saturated rings. The van der Waals surface area contributed by atoms with Crippen LogP contribution in [0.4, 0.5) is 5.69 Å². The van der Waals surface area contributed by atoms with Crippen LogP contribution in [-0.2, 0) is 11.3 Å². The second kappa shape index (κ2) is 7.96. The Labute approximate surface area is 131 Å². The molecule has 0 saturated carbocycles. The van der Waals surface area contributed by atoms with Gasteiger partial charge in [-0.1, -0.05) is 29.4 Å². The van der Waals surface area contributed by atoms with Gasteiger partial charge in [-0.3, -0.25) is 4.79 Å². The number of anilines is 1. The Morgan fingerprint density at radius 3 is 3.10 bits per heavy atom. The third-order valence-corrected chi connectivity index (χ3v) is 3.71. The van der Waals surface area contributed by atoms with Crippen LogP contribution in [0.2, 0.25) is 5.02 Å². The number of nitrogens with zero attached hydrogens (tertiary/aromatic N) is 4. The number of carbonyl (C=O) groups is 1. The summed E-state index contributed by atoms with van der Waals surface area (Å²) in [6.07, 6.45) is 0. The number of rotatable bonds is 7. The van der Waals surface area contributed by atoms with Gasteiger partial charge in [0.1, 0.15) is 0 Å². The van der Waals surface area contributed by atoms with Crippen LogP contribution in [0, 0.1) is 0 Å². The summed E-state index contributed by atoms with van der Waals surface area (Å²) in [6, 6.07) is 7.01. The van der Waals surface area contributed by atoms with E-state index >= 15 is 0 Å². The lowest BCUT2D eigenvalue weighted by Crippen LogP contribution is -2.18. The molecule has 0 aliphatic carbocycles. The van der Waals surface area contributed by atoms with Crippen molar-refractivity contribution in [2.75, 3.05) is 24.7 Å². The molecule has 2 aromatic rings. The standard InChI is InChI=1S/C12H15ClN6OS/c1-14-5-6-19-12(16-17-18-19)21-8-11(20)15-10-4-2-3-9(13)7-10/h2-4,7,14H,5-6,8H2,1H3,(H,15,20). The molecule has 2 rings (SSSR count). The SMILES string of the molecule is CNCCn1nnnc1SCC(=O)Nc1cccc(Cl)c1. The summed E-state index contributed by atoms with van der Waals surface area (Å²) in [4.78, 5) is 11.9. The van der Waals surface area contributed by atoms with Gasteiger partial charge in [-0.05, 0) is 35.7 Å². The predicted molar refractivity (Wildman–Crippen MR) is 82.5 cm³/mol. The maximum Gasteiger partial charge on any atom is 0.234 e. The zero-order chi connectivity index (χ0) is 15.1. The zero-order valence-corrected chi connectivity index (χ0v) is 13.0. The van der Waals surface area contributed by atoms with E-state index in [1.165, 1.54) is 11.8 Å². The van der Waals surface area contributed by atoms with Gasteiger partial charge in [0.2, 0.25) is 11.1 Å². The van der Waals surface area contributed by atoms with E-state index in [0.717, 1.165) is 6.54 Å². The van der Waals surface area contributed by atoms with Gasteiger partial charge in [0, 0.05) is 17.3 Å². The molecule has 112 valence electrons. The van der Waals surface area contributed by atoms with E-state index in [1.807, 2.05) is 7.05 Å². The number of hydrogen-bond donors (Lipinski definition) is 2. The number of amides is 1. The number of nitrogens with one attached hydrogen (secondary N) is 2. The summed E-state index contributed by atoms with van der Waals surface area (Å²) in [5.41, 5.74) is 0.669. The molecule has 1 aromatic heterocycles. The maximum atomic E-state index is 11.9. The summed E-state index contributed by atoms with van der Waals surface area (Å²) < 4.78 is 1.66. The van der Waals surface area contributed by atoms with Gasteiger partial charge in [-0.25, -0.2) is 4.68 Å². The maximum absolute atomic E-state index is 11.9. The van der Waals surface area contributed by atoms with Crippen molar-refractivity contribution in [2.45, 2.75) is 11.7 Å². The van der Waals surface area contributed by atoms with Crippen LogP contribution in [0.15, 0.2) is 29.4 Å². The second-order valence-electron chi connectivity index (χ2n) is 4.14. The van der Waals surface area contributed by atoms with E-state index in [4.69, 9.17) is 11.6 Å². The summed E-state index contributed by atoms with van der Waals surface area (Å²) >= 11 is 7.15. The predicted octanol–water partition coefficient (Wildman–Crippen LogP) is 1.28. The van der Waals surface area contributed by atoms with Gasteiger partial charge in [0.15, 0.2) is 0 Å².